The maximum Gasteiger partial charge on any atom is 0.305 e. The molecule has 7 nitrogen and oxygen atoms in total. The monoisotopic (exact) mass is 449 g/mol. The molecule has 0 saturated carbocycles. The number of aliphatic carboxylic acids is 1. The Morgan fingerprint density at radius 2 is 1.88 bits per heavy atom. The second-order valence-corrected chi connectivity index (χ2v) is 10.6. The number of hydrogen-bond acceptors (Lipinski definition) is 6. The van der Waals surface area contributed by atoms with Gasteiger partial charge < -0.3 is 10.4 Å². The summed E-state index contributed by atoms with van der Waals surface area (Å²) in [6, 6.07) is 10.2. The number of carbonyl (C=O) groups is 1. The molecule has 0 saturated heterocycles. The molecule has 4 rings (SSSR count). The fraction of sp³-hybridized carbons (Fsp3) is 0.333. The molecule has 0 unspecified atom stereocenters. The van der Waals surface area contributed by atoms with E-state index in [1.54, 1.807) is 22.2 Å². The average molecular weight is 450 g/mol. The van der Waals surface area contributed by atoms with Gasteiger partial charge in [0, 0.05) is 29.1 Å². The van der Waals surface area contributed by atoms with E-state index in [0.717, 1.165) is 37.7 Å². The van der Waals surface area contributed by atoms with E-state index in [1.165, 1.54) is 0 Å². The zero-order chi connectivity index (χ0) is 23.1. The van der Waals surface area contributed by atoms with Crippen LogP contribution in [-0.2, 0) is 10.3 Å². The first kappa shape index (κ1) is 22.0. The Labute approximate surface area is 191 Å². The summed E-state index contributed by atoms with van der Waals surface area (Å²) in [4.78, 5) is 20.8. The van der Waals surface area contributed by atoms with Crippen LogP contribution >= 0.6 is 11.3 Å². The summed E-state index contributed by atoms with van der Waals surface area (Å²) in [6.45, 7) is 10.0. The largest absolute Gasteiger partial charge is 0.481 e. The molecule has 0 fully saturated rings. The van der Waals surface area contributed by atoms with E-state index in [4.69, 9.17) is 9.97 Å². The minimum atomic E-state index is -0.857. The van der Waals surface area contributed by atoms with Crippen molar-refractivity contribution in [3.63, 3.8) is 0 Å². The molecule has 1 aromatic carbocycles. The number of thiazole rings is 1. The molecule has 4 aromatic rings. The Bertz CT molecular complexity index is 1250. The van der Waals surface area contributed by atoms with E-state index in [-0.39, 0.29) is 12.0 Å². The van der Waals surface area contributed by atoms with Gasteiger partial charge in [0.2, 0.25) is 0 Å². The lowest BCUT2D eigenvalue weighted by molar-refractivity contribution is -0.139. The summed E-state index contributed by atoms with van der Waals surface area (Å²) in [5.41, 5.74) is 2.86. The molecule has 166 valence electrons. The van der Waals surface area contributed by atoms with Crippen molar-refractivity contribution in [3.8, 4) is 21.7 Å². The van der Waals surface area contributed by atoms with Gasteiger partial charge in [0.15, 0.2) is 0 Å². The van der Waals surface area contributed by atoms with E-state index >= 15 is 0 Å². The van der Waals surface area contributed by atoms with Crippen molar-refractivity contribution in [1.82, 2.24) is 19.7 Å². The first-order valence-corrected chi connectivity index (χ1v) is 11.2. The second kappa shape index (κ2) is 8.02. The van der Waals surface area contributed by atoms with Crippen molar-refractivity contribution in [2.75, 3.05) is 5.32 Å². The highest BCUT2D eigenvalue weighted by atomic mass is 32.1. The lowest BCUT2D eigenvalue weighted by atomic mass is 10.0. The summed E-state index contributed by atoms with van der Waals surface area (Å²) >= 11 is 1.63. The van der Waals surface area contributed by atoms with Crippen LogP contribution in [0.5, 0.6) is 0 Å². The minimum Gasteiger partial charge on any atom is -0.481 e. The molecular weight excluding hydrogens is 422 g/mol. The molecule has 3 heterocycles. The number of pyridine rings is 1. The number of rotatable bonds is 6. The first-order valence-electron chi connectivity index (χ1n) is 10.4. The van der Waals surface area contributed by atoms with Gasteiger partial charge >= 0.3 is 5.97 Å². The van der Waals surface area contributed by atoms with E-state index in [9.17, 15) is 9.90 Å². The maximum absolute atomic E-state index is 11.2. The second-order valence-electron chi connectivity index (χ2n) is 9.54. The minimum absolute atomic E-state index is 0.0161. The fourth-order valence-electron chi connectivity index (χ4n) is 3.48. The molecule has 32 heavy (non-hydrogen) atoms. The predicted octanol–water partition coefficient (Wildman–Crippen LogP) is 5.64. The molecule has 0 amide bonds. The van der Waals surface area contributed by atoms with Crippen molar-refractivity contribution in [3.05, 3.63) is 48.9 Å². The number of hydrogen-bond donors (Lipinski definition) is 2. The van der Waals surface area contributed by atoms with Crippen molar-refractivity contribution in [1.29, 1.82) is 0 Å². The van der Waals surface area contributed by atoms with Gasteiger partial charge in [-0.2, -0.15) is 5.10 Å². The molecule has 0 bridgehead atoms. The van der Waals surface area contributed by atoms with Crippen LogP contribution in [0.1, 0.15) is 41.0 Å². The van der Waals surface area contributed by atoms with Crippen LogP contribution in [0.2, 0.25) is 0 Å². The van der Waals surface area contributed by atoms with E-state index in [1.807, 2.05) is 44.4 Å². The Hall–Kier alpha value is -3.26. The Balaban J connectivity index is 1.78. The molecule has 2 N–H and O–H groups in total. The number of carboxylic acid groups (broad SMARTS) is 1. The van der Waals surface area contributed by atoms with Crippen molar-refractivity contribution in [2.45, 2.75) is 52.1 Å². The number of carboxylic acids is 1. The Kier molecular flexibility index (Phi) is 5.50. The van der Waals surface area contributed by atoms with Gasteiger partial charge in [0.1, 0.15) is 10.8 Å². The molecule has 0 spiro atoms. The SMILES string of the molecule is CC(C)(C)Nc1ncc(-c2cnn(C(C)(C)CC(=O)O)c2)cc1-c1nc2ccccc2s1. The molecular formula is C24H27N5O2S. The van der Waals surface area contributed by atoms with Gasteiger partial charge in [0.05, 0.1) is 33.9 Å². The van der Waals surface area contributed by atoms with Gasteiger partial charge in [0.25, 0.3) is 0 Å². The zero-order valence-electron chi connectivity index (χ0n) is 18.9. The van der Waals surface area contributed by atoms with Crippen molar-refractivity contribution < 1.29 is 9.90 Å². The topological polar surface area (TPSA) is 92.9 Å². The molecule has 0 aliphatic heterocycles. The predicted molar refractivity (Wildman–Crippen MR) is 129 cm³/mol. The first-order chi connectivity index (χ1) is 15.0. The summed E-state index contributed by atoms with van der Waals surface area (Å²) in [7, 11) is 0. The summed E-state index contributed by atoms with van der Waals surface area (Å²) in [5, 5.41) is 18.0. The molecule has 0 radical (unpaired) electrons. The normalized spacial score (nSPS) is 12.3. The van der Waals surface area contributed by atoms with Crippen LogP contribution in [0.3, 0.4) is 0 Å². The number of nitrogens with one attached hydrogen (secondary N) is 1. The number of benzene rings is 1. The Morgan fingerprint density at radius 1 is 1.12 bits per heavy atom. The van der Waals surface area contributed by atoms with Crippen LogP contribution in [0.4, 0.5) is 5.82 Å². The van der Waals surface area contributed by atoms with Crippen molar-refractivity contribution >= 4 is 33.3 Å². The lowest BCUT2D eigenvalue weighted by Crippen LogP contribution is -2.29. The summed E-state index contributed by atoms with van der Waals surface area (Å²) in [5.74, 6) is -0.0802. The third kappa shape index (κ3) is 4.65. The van der Waals surface area contributed by atoms with Gasteiger partial charge in [-0.1, -0.05) is 12.1 Å². The summed E-state index contributed by atoms with van der Waals surface area (Å²) < 4.78 is 2.83. The molecule has 0 atom stereocenters. The van der Waals surface area contributed by atoms with E-state index < -0.39 is 11.5 Å². The smallest absolute Gasteiger partial charge is 0.305 e. The lowest BCUT2D eigenvalue weighted by Gasteiger charge is -2.23. The third-order valence-corrected chi connectivity index (χ3v) is 6.10. The quantitative estimate of drug-likeness (QED) is 0.396. The highest BCUT2D eigenvalue weighted by molar-refractivity contribution is 7.21. The number of nitrogens with zero attached hydrogens (tertiary/aromatic N) is 4. The van der Waals surface area contributed by atoms with Crippen LogP contribution in [0.15, 0.2) is 48.9 Å². The van der Waals surface area contributed by atoms with Crippen LogP contribution in [0, 0.1) is 0 Å². The van der Waals surface area contributed by atoms with Crippen LogP contribution in [0.25, 0.3) is 31.9 Å². The van der Waals surface area contributed by atoms with Crippen LogP contribution in [-0.4, -0.2) is 36.4 Å². The molecule has 0 aliphatic carbocycles. The zero-order valence-corrected chi connectivity index (χ0v) is 19.7. The van der Waals surface area contributed by atoms with Gasteiger partial charge in [-0.05, 0) is 52.8 Å². The highest BCUT2D eigenvalue weighted by Gasteiger charge is 2.25. The van der Waals surface area contributed by atoms with E-state index in [0.29, 0.717) is 0 Å². The van der Waals surface area contributed by atoms with E-state index in [2.05, 4.69) is 43.3 Å². The van der Waals surface area contributed by atoms with Gasteiger partial charge in [-0.25, -0.2) is 9.97 Å². The van der Waals surface area contributed by atoms with Crippen molar-refractivity contribution in [2.24, 2.45) is 0 Å². The fourth-order valence-corrected chi connectivity index (χ4v) is 4.46. The number of para-hydroxylation sites is 1. The van der Waals surface area contributed by atoms with Gasteiger partial charge in [-0.3, -0.25) is 9.48 Å². The molecule has 0 aliphatic rings. The average Bonchev–Trinajstić information content (AvgIpc) is 3.34. The standard InChI is InChI=1S/C24H27N5O2S/c1-23(2,3)28-21-17(22-27-18-8-6-7-9-19(18)32-22)10-15(12-25-21)16-13-26-29(14-16)24(4,5)11-20(30)31/h6-10,12-14H,11H2,1-5H3,(H,25,28)(H,30,31). The molecule has 8 heteroatoms. The third-order valence-electron chi connectivity index (χ3n) is 5.03. The number of aromatic nitrogens is 4. The van der Waals surface area contributed by atoms with Gasteiger partial charge in [-0.15, -0.1) is 11.3 Å². The molecule has 3 aromatic heterocycles. The highest BCUT2D eigenvalue weighted by Crippen LogP contribution is 2.37. The Morgan fingerprint density at radius 3 is 2.56 bits per heavy atom. The van der Waals surface area contributed by atoms with Crippen LogP contribution < -0.4 is 5.32 Å². The number of anilines is 1. The summed E-state index contributed by atoms with van der Waals surface area (Å²) in [6.07, 6.45) is 5.42. The number of fused-ring (bicyclic) bond motifs is 1. The maximum atomic E-state index is 11.2.